The predicted octanol–water partition coefficient (Wildman–Crippen LogP) is 2.42. The lowest BCUT2D eigenvalue weighted by atomic mass is 10.1. The number of hydrogen-bond acceptors (Lipinski definition) is 5. The Morgan fingerprint density at radius 3 is 2.38 bits per heavy atom. The molecule has 0 aromatic heterocycles. The Kier molecular flexibility index (Phi) is 5.35. The zero-order valence-corrected chi connectivity index (χ0v) is 14.7. The van der Waals surface area contributed by atoms with Crippen molar-refractivity contribution in [2.45, 2.75) is 6.18 Å². The van der Waals surface area contributed by atoms with Gasteiger partial charge in [-0.1, -0.05) is 24.3 Å². The van der Waals surface area contributed by atoms with Gasteiger partial charge in [-0.05, 0) is 24.3 Å². The van der Waals surface area contributed by atoms with E-state index in [1.165, 1.54) is 24.3 Å². The number of rotatable bonds is 5. The molecule has 0 atom stereocenters. The summed E-state index contributed by atoms with van der Waals surface area (Å²) in [6.07, 6.45) is -4.67. The molecule has 10 heteroatoms. The molecular formula is C19H13F3N2O5. The first-order valence-corrected chi connectivity index (χ1v) is 8.25. The summed E-state index contributed by atoms with van der Waals surface area (Å²) in [5.74, 6) is -3.66. The molecule has 1 aliphatic heterocycles. The molecule has 0 spiro atoms. The summed E-state index contributed by atoms with van der Waals surface area (Å²) in [6, 6.07) is 10.4. The van der Waals surface area contributed by atoms with Gasteiger partial charge in [0.25, 0.3) is 17.6 Å². The topological polar surface area (TPSA) is 92.8 Å². The van der Waals surface area contributed by atoms with Gasteiger partial charge in [0, 0.05) is 0 Å². The fourth-order valence-electron chi connectivity index (χ4n) is 2.75. The van der Waals surface area contributed by atoms with E-state index in [9.17, 15) is 32.3 Å². The van der Waals surface area contributed by atoms with Crippen molar-refractivity contribution in [2.75, 3.05) is 23.4 Å². The molecule has 0 unspecified atom stereocenters. The van der Waals surface area contributed by atoms with Gasteiger partial charge in [0.1, 0.15) is 6.54 Å². The number of esters is 1. The minimum Gasteiger partial charge on any atom is -0.454 e. The van der Waals surface area contributed by atoms with E-state index in [1.54, 1.807) is 12.1 Å². The molecule has 150 valence electrons. The highest BCUT2D eigenvalue weighted by atomic mass is 19.4. The van der Waals surface area contributed by atoms with Gasteiger partial charge in [-0.2, -0.15) is 13.2 Å². The monoisotopic (exact) mass is 406 g/mol. The van der Waals surface area contributed by atoms with Crippen LogP contribution in [0.15, 0.2) is 48.5 Å². The van der Waals surface area contributed by atoms with Gasteiger partial charge in [-0.3, -0.25) is 24.1 Å². The lowest BCUT2D eigenvalue weighted by Gasteiger charge is -2.16. The zero-order valence-electron chi connectivity index (χ0n) is 14.7. The molecule has 29 heavy (non-hydrogen) atoms. The van der Waals surface area contributed by atoms with Gasteiger partial charge in [-0.25, -0.2) is 0 Å². The predicted molar refractivity (Wildman–Crippen MR) is 94.2 cm³/mol. The summed E-state index contributed by atoms with van der Waals surface area (Å²) in [5.41, 5.74) is -1.14. The van der Waals surface area contributed by atoms with Crippen molar-refractivity contribution < 1.29 is 37.1 Å². The molecule has 0 fully saturated rings. The van der Waals surface area contributed by atoms with E-state index in [4.69, 9.17) is 4.74 Å². The van der Waals surface area contributed by atoms with Crippen LogP contribution in [0, 0.1) is 0 Å². The van der Waals surface area contributed by atoms with Crippen LogP contribution in [0.2, 0.25) is 0 Å². The lowest BCUT2D eigenvalue weighted by molar-refractivity contribution is -0.146. The summed E-state index contributed by atoms with van der Waals surface area (Å²) in [6.45, 7) is -1.48. The Hall–Kier alpha value is -3.69. The molecule has 2 amide bonds. The maximum atomic E-state index is 12.9. The number of Topliss-reactive ketones (excluding diaryl/α,β-unsaturated/α-hetero) is 1. The Bertz CT molecular complexity index is 1000. The van der Waals surface area contributed by atoms with Crippen LogP contribution in [0.1, 0.15) is 15.9 Å². The van der Waals surface area contributed by atoms with E-state index in [-0.39, 0.29) is 11.3 Å². The van der Waals surface area contributed by atoms with Crippen LogP contribution in [-0.4, -0.2) is 36.7 Å². The largest absolute Gasteiger partial charge is 0.454 e. The number of alkyl halides is 3. The number of para-hydroxylation sites is 2. The lowest BCUT2D eigenvalue weighted by Crippen LogP contribution is -2.36. The smallest absolute Gasteiger partial charge is 0.418 e. The fraction of sp³-hybridized carbons (Fsp3) is 0.158. The number of nitrogens with zero attached hydrogens (tertiary/aromatic N) is 1. The van der Waals surface area contributed by atoms with Crippen molar-refractivity contribution >= 4 is 34.9 Å². The van der Waals surface area contributed by atoms with Crippen molar-refractivity contribution in [2.24, 2.45) is 0 Å². The number of halogens is 3. The van der Waals surface area contributed by atoms with Crippen LogP contribution in [0.5, 0.6) is 0 Å². The van der Waals surface area contributed by atoms with Crippen LogP contribution in [-0.2, 0) is 25.3 Å². The average molecular weight is 406 g/mol. The van der Waals surface area contributed by atoms with E-state index < -0.39 is 54.1 Å². The molecule has 0 aliphatic carbocycles. The molecule has 1 N–H and O–H groups in total. The first-order chi connectivity index (χ1) is 13.7. The quantitative estimate of drug-likeness (QED) is 0.608. The molecule has 1 aliphatic rings. The SMILES string of the molecule is O=C(COC(=O)CN1C(=O)C(=O)c2ccccc21)Nc1ccccc1C(F)(F)F. The molecule has 0 saturated heterocycles. The molecule has 0 saturated carbocycles. The third-order valence-corrected chi connectivity index (χ3v) is 4.04. The second-order valence-corrected chi connectivity index (χ2v) is 5.99. The van der Waals surface area contributed by atoms with Gasteiger partial charge < -0.3 is 10.1 Å². The fourth-order valence-corrected chi connectivity index (χ4v) is 2.75. The minimum atomic E-state index is -4.67. The van der Waals surface area contributed by atoms with Gasteiger partial charge in [-0.15, -0.1) is 0 Å². The van der Waals surface area contributed by atoms with Crippen LogP contribution in [0.4, 0.5) is 24.5 Å². The van der Waals surface area contributed by atoms with E-state index in [0.717, 1.165) is 17.0 Å². The Labute approximate surface area is 162 Å². The summed E-state index contributed by atoms with van der Waals surface area (Å²) in [7, 11) is 0. The molecule has 2 aromatic carbocycles. The summed E-state index contributed by atoms with van der Waals surface area (Å²) >= 11 is 0. The second kappa shape index (κ2) is 7.74. The van der Waals surface area contributed by atoms with Crippen molar-refractivity contribution in [3.63, 3.8) is 0 Å². The highest BCUT2D eigenvalue weighted by molar-refractivity contribution is 6.52. The van der Waals surface area contributed by atoms with Crippen molar-refractivity contribution in [3.8, 4) is 0 Å². The molecule has 0 radical (unpaired) electrons. The van der Waals surface area contributed by atoms with E-state index in [1.807, 2.05) is 5.32 Å². The normalized spacial score (nSPS) is 13.3. The minimum absolute atomic E-state index is 0.145. The average Bonchev–Trinajstić information content (AvgIpc) is 2.91. The molecule has 3 rings (SSSR count). The summed E-state index contributed by atoms with van der Waals surface area (Å²) in [4.78, 5) is 48.6. The van der Waals surface area contributed by atoms with Crippen LogP contribution in [0.25, 0.3) is 0 Å². The number of benzene rings is 2. The number of carbonyl (C=O) groups excluding carboxylic acids is 4. The highest BCUT2D eigenvalue weighted by Gasteiger charge is 2.37. The molecular weight excluding hydrogens is 393 g/mol. The Morgan fingerprint density at radius 1 is 1.00 bits per heavy atom. The van der Waals surface area contributed by atoms with Gasteiger partial charge in [0.05, 0.1) is 22.5 Å². The second-order valence-electron chi connectivity index (χ2n) is 5.99. The number of fused-ring (bicyclic) bond motifs is 1. The van der Waals surface area contributed by atoms with Crippen LogP contribution >= 0.6 is 0 Å². The van der Waals surface area contributed by atoms with Gasteiger partial charge >= 0.3 is 12.1 Å². The first-order valence-electron chi connectivity index (χ1n) is 8.25. The number of ketones is 1. The Morgan fingerprint density at radius 2 is 1.66 bits per heavy atom. The zero-order chi connectivity index (χ0) is 21.2. The summed E-state index contributed by atoms with van der Waals surface area (Å²) in [5, 5.41) is 2.03. The van der Waals surface area contributed by atoms with E-state index >= 15 is 0 Å². The number of amides is 2. The third-order valence-electron chi connectivity index (χ3n) is 4.04. The number of anilines is 2. The third kappa shape index (κ3) is 4.26. The number of ether oxygens (including phenoxy) is 1. The number of carbonyl (C=O) groups is 4. The maximum absolute atomic E-state index is 12.9. The Balaban J connectivity index is 1.59. The van der Waals surface area contributed by atoms with Crippen LogP contribution in [0.3, 0.4) is 0 Å². The van der Waals surface area contributed by atoms with E-state index in [2.05, 4.69) is 0 Å². The number of nitrogens with one attached hydrogen (secondary N) is 1. The molecule has 2 aromatic rings. The summed E-state index contributed by atoms with van der Waals surface area (Å²) < 4.78 is 43.5. The van der Waals surface area contributed by atoms with Gasteiger partial charge in [0.2, 0.25) is 0 Å². The molecule has 1 heterocycles. The maximum Gasteiger partial charge on any atom is 0.418 e. The van der Waals surface area contributed by atoms with Crippen molar-refractivity contribution in [1.29, 1.82) is 0 Å². The molecule has 7 nitrogen and oxygen atoms in total. The number of hydrogen-bond donors (Lipinski definition) is 1. The van der Waals surface area contributed by atoms with Crippen LogP contribution < -0.4 is 10.2 Å². The van der Waals surface area contributed by atoms with Crippen molar-refractivity contribution in [1.82, 2.24) is 0 Å². The highest BCUT2D eigenvalue weighted by Crippen LogP contribution is 2.34. The molecule has 0 bridgehead atoms. The standard InChI is InChI=1S/C19H13F3N2O5/c20-19(21,22)12-6-2-3-7-13(12)23-15(25)10-29-16(26)9-24-14-8-4-1-5-11(14)17(27)18(24)28/h1-8H,9-10H2,(H,23,25). The van der Waals surface area contributed by atoms with Crippen molar-refractivity contribution in [3.05, 3.63) is 59.7 Å². The first kappa shape index (κ1) is 20.1. The van der Waals surface area contributed by atoms with E-state index in [0.29, 0.717) is 0 Å². The van der Waals surface area contributed by atoms with Gasteiger partial charge in [0.15, 0.2) is 6.61 Å².